The van der Waals surface area contributed by atoms with Crippen molar-refractivity contribution in [3.8, 4) is 0 Å². The molecule has 142 valence electrons. The maximum absolute atomic E-state index is 12.4. The van der Waals surface area contributed by atoms with Crippen molar-refractivity contribution in [3.63, 3.8) is 0 Å². The van der Waals surface area contributed by atoms with E-state index in [0.717, 1.165) is 16.5 Å². The number of morpholine rings is 1. The molecule has 0 radical (unpaired) electrons. The number of nitrogens with one attached hydrogen (secondary N) is 1. The Morgan fingerprint density at radius 1 is 1.19 bits per heavy atom. The van der Waals surface area contributed by atoms with E-state index in [1.807, 2.05) is 43.1 Å². The average Bonchev–Trinajstić information content (AvgIpc) is 3.26. The fraction of sp³-hybridized carbons (Fsp3) is 0.450. The number of nitrogens with zero attached hydrogens (tertiary/aromatic N) is 3. The number of benzene rings is 1. The van der Waals surface area contributed by atoms with E-state index < -0.39 is 0 Å². The number of fused-ring (bicyclic) bond motifs is 1. The van der Waals surface area contributed by atoms with Crippen LogP contribution in [0.2, 0.25) is 0 Å². The summed E-state index contributed by atoms with van der Waals surface area (Å²) in [6.07, 6.45) is 3.52. The summed E-state index contributed by atoms with van der Waals surface area (Å²) in [5, 5.41) is 9.39. The number of H-pyrrole nitrogens is 1. The smallest absolute Gasteiger partial charge is 0.223 e. The van der Waals surface area contributed by atoms with Crippen LogP contribution in [0, 0.1) is 0 Å². The van der Waals surface area contributed by atoms with Gasteiger partial charge in [0.1, 0.15) is 0 Å². The van der Waals surface area contributed by atoms with E-state index in [4.69, 9.17) is 9.15 Å². The molecule has 1 aromatic carbocycles. The summed E-state index contributed by atoms with van der Waals surface area (Å²) >= 11 is 0. The van der Waals surface area contributed by atoms with Crippen LogP contribution in [0.25, 0.3) is 10.9 Å². The Hall–Kier alpha value is -2.67. The van der Waals surface area contributed by atoms with Gasteiger partial charge in [-0.1, -0.05) is 18.2 Å². The molecule has 1 fully saturated rings. The molecule has 2 aromatic heterocycles. The van der Waals surface area contributed by atoms with Crippen LogP contribution in [0.15, 0.2) is 34.9 Å². The molecule has 3 heterocycles. The van der Waals surface area contributed by atoms with Gasteiger partial charge < -0.3 is 19.0 Å². The Morgan fingerprint density at radius 2 is 1.93 bits per heavy atom. The minimum atomic E-state index is 0.0730. The van der Waals surface area contributed by atoms with Crippen molar-refractivity contribution < 1.29 is 13.9 Å². The van der Waals surface area contributed by atoms with Crippen molar-refractivity contribution in [1.82, 2.24) is 20.1 Å². The van der Waals surface area contributed by atoms with Gasteiger partial charge in [0.25, 0.3) is 0 Å². The molecule has 1 aliphatic rings. The second kappa shape index (κ2) is 7.52. The topological polar surface area (TPSA) is 84.3 Å². The van der Waals surface area contributed by atoms with E-state index in [2.05, 4.69) is 21.2 Å². The number of hydrogen-bond acceptors (Lipinski definition) is 5. The molecule has 0 spiro atoms. The summed E-state index contributed by atoms with van der Waals surface area (Å²) in [7, 11) is 0. The number of para-hydroxylation sites is 1. The van der Waals surface area contributed by atoms with Gasteiger partial charge in [-0.3, -0.25) is 4.79 Å². The minimum Gasteiger partial charge on any atom is -0.425 e. The van der Waals surface area contributed by atoms with Crippen molar-refractivity contribution in [3.05, 3.63) is 47.8 Å². The molecule has 4 rings (SSSR count). The molecular weight excluding hydrogens is 344 g/mol. The van der Waals surface area contributed by atoms with Crippen molar-refractivity contribution in [1.29, 1.82) is 0 Å². The number of carbonyl (C=O) groups excluding carboxylic acids is 1. The number of ether oxygens (including phenoxy) is 1. The monoisotopic (exact) mass is 368 g/mol. The van der Waals surface area contributed by atoms with E-state index in [1.54, 1.807) is 0 Å². The van der Waals surface area contributed by atoms with Gasteiger partial charge in [0.05, 0.1) is 18.6 Å². The van der Waals surface area contributed by atoms with Crippen molar-refractivity contribution in [2.75, 3.05) is 13.1 Å². The van der Waals surface area contributed by atoms with E-state index in [-0.39, 0.29) is 18.1 Å². The third kappa shape index (κ3) is 4.03. The first-order chi connectivity index (χ1) is 13.1. The molecule has 1 amide bonds. The first-order valence-corrected chi connectivity index (χ1v) is 9.38. The number of carbonyl (C=O) groups is 1. The quantitative estimate of drug-likeness (QED) is 0.748. The van der Waals surface area contributed by atoms with Crippen LogP contribution in [0.4, 0.5) is 0 Å². The van der Waals surface area contributed by atoms with Gasteiger partial charge in [0, 0.05) is 43.0 Å². The first-order valence-electron chi connectivity index (χ1n) is 9.38. The number of aromatic amines is 1. The molecule has 1 saturated heterocycles. The molecule has 0 aliphatic carbocycles. The second-order valence-corrected chi connectivity index (χ2v) is 7.18. The summed E-state index contributed by atoms with van der Waals surface area (Å²) in [4.78, 5) is 17.6. The molecule has 7 heteroatoms. The zero-order valence-electron chi connectivity index (χ0n) is 15.6. The van der Waals surface area contributed by atoms with Gasteiger partial charge >= 0.3 is 0 Å². The number of aromatic nitrogens is 3. The van der Waals surface area contributed by atoms with E-state index in [9.17, 15) is 4.79 Å². The lowest BCUT2D eigenvalue weighted by atomic mass is 10.1. The lowest BCUT2D eigenvalue weighted by Crippen LogP contribution is -2.48. The highest BCUT2D eigenvalue weighted by molar-refractivity contribution is 5.83. The highest BCUT2D eigenvalue weighted by atomic mass is 16.5. The molecule has 3 aromatic rings. The van der Waals surface area contributed by atoms with Crippen molar-refractivity contribution >= 4 is 16.8 Å². The van der Waals surface area contributed by atoms with Gasteiger partial charge in [-0.2, -0.15) is 0 Å². The van der Waals surface area contributed by atoms with Gasteiger partial charge in [-0.15, -0.1) is 10.2 Å². The van der Waals surface area contributed by atoms with Gasteiger partial charge in [-0.25, -0.2) is 0 Å². The Balaban J connectivity index is 1.35. The lowest BCUT2D eigenvalue weighted by Gasteiger charge is -2.35. The van der Waals surface area contributed by atoms with Crippen LogP contribution in [0.5, 0.6) is 0 Å². The van der Waals surface area contributed by atoms with Gasteiger partial charge in [0.2, 0.25) is 17.7 Å². The fourth-order valence-electron chi connectivity index (χ4n) is 3.66. The second-order valence-electron chi connectivity index (χ2n) is 7.18. The number of amides is 1. The lowest BCUT2D eigenvalue weighted by molar-refractivity contribution is -0.143. The van der Waals surface area contributed by atoms with Crippen LogP contribution in [-0.2, 0) is 22.4 Å². The normalized spacial score (nSPS) is 20.3. The van der Waals surface area contributed by atoms with Crippen LogP contribution >= 0.6 is 0 Å². The minimum absolute atomic E-state index is 0.0730. The number of hydrogen-bond donors (Lipinski definition) is 1. The SMILES string of the molecule is C[C@@H]1CN(C(=O)CCc2nnc(Cc3c[nH]c4ccccc34)o2)C[C@H](C)O1. The Kier molecular flexibility index (Phi) is 4.94. The largest absolute Gasteiger partial charge is 0.425 e. The number of rotatable bonds is 5. The maximum Gasteiger partial charge on any atom is 0.223 e. The molecule has 2 atom stereocenters. The standard InChI is InChI=1S/C20H24N4O3/c1-13-11-24(12-14(2)26-13)20(25)8-7-18-22-23-19(27-18)9-15-10-21-17-6-4-3-5-16(15)17/h3-6,10,13-14,21H,7-9,11-12H2,1-2H3/t13-,14+. The van der Waals surface area contributed by atoms with Crippen LogP contribution in [0.3, 0.4) is 0 Å². The molecule has 1 N–H and O–H groups in total. The van der Waals surface area contributed by atoms with E-state index in [0.29, 0.717) is 44.1 Å². The molecule has 1 aliphatic heterocycles. The molecule has 0 saturated carbocycles. The van der Waals surface area contributed by atoms with Crippen LogP contribution < -0.4 is 0 Å². The molecule has 27 heavy (non-hydrogen) atoms. The highest BCUT2D eigenvalue weighted by Gasteiger charge is 2.25. The molecular formula is C20H24N4O3. The first kappa shape index (κ1) is 17.7. The fourth-order valence-corrected chi connectivity index (χ4v) is 3.66. The Morgan fingerprint density at radius 3 is 2.74 bits per heavy atom. The molecule has 7 nitrogen and oxygen atoms in total. The highest BCUT2D eigenvalue weighted by Crippen LogP contribution is 2.20. The maximum atomic E-state index is 12.4. The molecule has 0 unspecified atom stereocenters. The summed E-state index contributed by atoms with van der Waals surface area (Å²) < 4.78 is 11.4. The average molecular weight is 368 g/mol. The summed E-state index contributed by atoms with van der Waals surface area (Å²) in [6, 6.07) is 8.12. The van der Waals surface area contributed by atoms with E-state index in [1.165, 1.54) is 0 Å². The summed E-state index contributed by atoms with van der Waals surface area (Å²) in [5.41, 5.74) is 2.21. The van der Waals surface area contributed by atoms with Gasteiger partial charge in [-0.05, 0) is 25.5 Å². The zero-order valence-corrected chi connectivity index (χ0v) is 15.6. The third-order valence-electron chi connectivity index (χ3n) is 4.85. The Bertz CT molecular complexity index is 922. The van der Waals surface area contributed by atoms with Gasteiger partial charge in [0.15, 0.2) is 0 Å². The van der Waals surface area contributed by atoms with E-state index >= 15 is 0 Å². The molecule has 0 bridgehead atoms. The number of aryl methyl sites for hydroxylation is 1. The zero-order chi connectivity index (χ0) is 18.8. The van der Waals surface area contributed by atoms with Crippen molar-refractivity contribution in [2.24, 2.45) is 0 Å². The summed E-state index contributed by atoms with van der Waals surface area (Å²) in [5.74, 6) is 1.18. The van der Waals surface area contributed by atoms with Crippen molar-refractivity contribution in [2.45, 2.75) is 45.3 Å². The Labute approximate surface area is 157 Å². The predicted molar refractivity (Wildman–Crippen MR) is 100 cm³/mol. The van der Waals surface area contributed by atoms with Crippen LogP contribution in [-0.4, -0.2) is 51.3 Å². The predicted octanol–water partition coefficient (Wildman–Crippen LogP) is 2.71. The summed E-state index contributed by atoms with van der Waals surface area (Å²) in [6.45, 7) is 5.26. The third-order valence-corrected chi connectivity index (χ3v) is 4.85. The van der Waals surface area contributed by atoms with Crippen LogP contribution in [0.1, 0.15) is 37.6 Å².